The highest BCUT2D eigenvalue weighted by Gasteiger charge is 2.25. The molecule has 0 aliphatic heterocycles. The molecule has 0 aromatic heterocycles. The van der Waals surface area contributed by atoms with Gasteiger partial charge in [0.2, 0.25) is 0 Å². The van der Waals surface area contributed by atoms with Gasteiger partial charge < -0.3 is 19.7 Å². The Bertz CT molecular complexity index is 940. The minimum Gasteiger partial charge on any atom is -0.457 e. The third-order valence-corrected chi connectivity index (χ3v) is 5.71. The van der Waals surface area contributed by atoms with Crippen molar-refractivity contribution in [1.29, 1.82) is 0 Å². The second-order valence-corrected chi connectivity index (χ2v) is 9.42. The van der Waals surface area contributed by atoms with Crippen molar-refractivity contribution in [3.63, 3.8) is 0 Å². The first-order valence-corrected chi connectivity index (χ1v) is 12.2. The molecular formula is C28H40N2O4. The molecule has 1 N–H and O–H groups in total. The highest BCUT2D eigenvalue weighted by Crippen LogP contribution is 2.28. The zero-order valence-corrected chi connectivity index (χ0v) is 21.5. The van der Waals surface area contributed by atoms with Crippen molar-refractivity contribution in [3.8, 4) is 11.5 Å². The Morgan fingerprint density at radius 3 is 2.26 bits per heavy atom. The Hall–Kier alpha value is -3.02. The molecule has 0 aliphatic carbocycles. The summed E-state index contributed by atoms with van der Waals surface area (Å²) in [6.07, 6.45) is 5.65. The van der Waals surface area contributed by atoms with Crippen LogP contribution in [0.15, 0.2) is 48.5 Å². The highest BCUT2D eigenvalue weighted by atomic mass is 16.6. The molecule has 0 aliphatic rings. The van der Waals surface area contributed by atoms with Crippen LogP contribution in [-0.2, 0) is 10.3 Å². The second-order valence-electron chi connectivity index (χ2n) is 9.42. The standard InChI is InChI=1S/C28H40N2O4/c1-7-9-10-16-23(13-8-2)34-27(32)29-28(3,4)22-15-12-18-25(20-22)33-24-17-11-14-21(19-24)26(31)30(5)6/h11-12,14-15,17-20,23H,7-10,13,16H2,1-6H3,(H,29,32). The van der Waals surface area contributed by atoms with Gasteiger partial charge >= 0.3 is 6.09 Å². The van der Waals surface area contributed by atoms with Crippen molar-refractivity contribution in [2.24, 2.45) is 0 Å². The Kier molecular flexibility index (Phi) is 10.4. The lowest BCUT2D eigenvalue weighted by Crippen LogP contribution is -2.42. The predicted octanol–water partition coefficient (Wildman–Crippen LogP) is 6.89. The van der Waals surface area contributed by atoms with E-state index in [4.69, 9.17) is 9.47 Å². The van der Waals surface area contributed by atoms with Crippen molar-refractivity contribution >= 4 is 12.0 Å². The maximum Gasteiger partial charge on any atom is 0.408 e. The van der Waals surface area contributed by atoms with Gasteiger partial charge in [0.05, 0.1) is 5.54 Å². The summed E-state index contributed by atoms with van der Waals surface area (Å²) < 4.78 is 11.8. The zero-order valence-electron chi connectivity index (χ0n) is 21.5. The number of unbranched alkanes of at least 4 members (excludes halogenated alkanes) is 2. The summed E-state index contributed by atoms with van der Waals surface area (Å²) in [6.45, 7) is 8.16. The monoisotopic (exact) mass is 468 g/mol. The minimum absolute atomic E-state index is 0.0563. The van der Waals surface area contributed by atoms with Crippen LogP contribution in [0, 0.1) is 0 Å². The Balaban J connectivity index is 2.07. The summed E-state index contributed by atoms with van der Waals surface area (Å²) in [5, 5.41) is 3.01. The molecule has 2 rings (SSSR count). The number of nitrogens with one attached hydrogen (secondary N) is 1. The molecule has 2 aromatic rings. The van der Waals surface area contributed by atoms with Crippen molar-refractivity contribution in [3.05, 3.63) is 59.7 Å². The molecule has 0 heterocycles. The molecule has 0 fully saturated rings. The number of ether oxygens (including phenoxy) is 2. The lowest BCUT2D eigenvalue weighted by molar-refractivity contribution is 0.0784. The predicted molar refractivity (Wildman–Crippen MR) is 136 cm³/mol. The summed E-state index contributed by atoms with van der Waals surface area (Å²) in [4.78, 5) is 26.5. The topological polar surface area (TPSA) is 67.9 Å². The van der Waals surface area contributed by atoms with E-state index in [1.807, 2.05) is 44.2 Å². The van der Waals surface area contributed by atoms with E-state index >= 15 is 0 Å². The van der Waals surface area contributed by atoms with Crippen LogP contribution in [0.2, 0.25) is 0 Å². The smallest absolute Gasteiger partial charge is 0.408 e. The number of hydrogen-bond acceptors (Lipinski definition) is 4. The van der Waals surface area contributed by atoms with Gasteiger partial charge in [-0.2, -0.15) is 0 Å². The number of amides is 2. The Morgan fingerprint density at radius 1 is 0.941 bits per heavy atom. The van der Waals surface area contributed by atoms with Gasteiger partial charge in [-0.05, 0) is 69.0 Å². The van der Waals surface area contributed by atoms with Gasteiger partial charge in [-0.1, -0.05) is 51.3 Å². The molecule has 0 bridgehead atoms. The van der Waals surface area contributed by atoms with Crippen molar-refractivity contribution in [1.82, 2.24) is 10.2 Å². The zero-order chi connectivity index (χ0) is 25.1. The van der Waals surface area contributed by atoms with Crippen LogP contribution in [-0.4, -0.2) is 37.1 Å². The summed E-state index contributed by atoms with van der Waals surface area (Å²) >= 11 is 0. The summed E-state index contributed by atoms with van der Waals surface area (Å²) in [5.41, 5.74) is 0.795. The summed E-state index contributed by atoms with van der Waals surface area (Å²) in [7, 11) is 3.43. The fraction of sp³-hybridized carbons (Fsp3) is 0.500. The number of benzene rings is 2. The molecule has 34 heavy (non-hydrogen) atoms. The van der Waals surface area contributed by atoms with E-state index in [0.717, 1.165) is 44.1 Å². The van der Waals surface area contributed by atoms with E-state index in [0.29, 0.717) is 17.1 Å². The van der Waals surface area contributed by atoms with Gasteiger partial charge in [-0.15, -0.1) is 0 Å². The van der Waals surface area contributed by atoms with E-state index in [1.165, 1.54) is 4.90 Å². The molecule has 1 unspecified atom stereocenters. The van der Waals surface area contributed by atoms with E-state index in [2.05, 4.69) is 19.2 Å². The number of alkyl carbamates (subject to hydrolysis) is 1. The van der Waals surface area contributed by atoms with Gasteiger partial charge in [0.25, 0.3) is 5.91 Å². The van der Waals surface area contributed by atoms with Crippen LogP contribution in [0.1, 0.15) is 82.1 Å². The largest absolute Gasteiger partial charge is 0.457 e. The van der Waals surface area contributed by atoms with Gasteiger partial charge in [0.15, 0.2) is 0 Å². The van der Waals surface area contributed by atoms with Crippen LogP contribution in [0.25, 0.3) is 0 Å². The maximum absolute atomic E-state index is 12.7. The van der Waals surface area contributed by atoms with E-state index in [1.54, 1.807) is 32.3 Å². The van der Waals surface area contributed by atoms with E-state index < -0.39 is 11.6 Å². The molecule has 6 nitrogen and oxygen atoms in total. The van der Waals surface area contributed by atoms with Gasteiger partial charge in [0.1, 0.15) is 17.6 Å². The number of carbonyl (C=O) groups excluding carboxylic acids is 2. The molecule has 0 saturated heterocycles. The van der Waals surface area contributed by atoms with Gasteiger partial charge in [-0.3, -0.25) is 4.79 Å². The Morgan fingerprint density at radius 2 is 1.62 bits per heavy atom. The summed E-state index contributed by atoms with van der Waals surface area (Å²) in [5.74, 6) is 1.11. The quantitative estimate of drug-likeness (QED) is 0.344. The Labute approximate surface area is 204 Å². The van der Waals surface area contributed by atoms with Crippen LogP contribution < -0.4 is 10.1 Å². The average Bonchev–Trinajstić information content (AvgIpc) is 2.78. The maximum atomic E-state index is 12.7. The van der Waals surface area contributed by atoms with Crippen molar-refractivity contribution < 1.29 is 19.1 Å². The molecular weight excluding hydrogens is 428 g/mol. The molecule has 2 amide bonds. The fourth-order valence-corrected chi connectivity index (χ4v) is 3.75. The molecule has 0 radical (unpaired) electrons. The van der Waals surface area contributed by atoms with Crippen LogP contribution in [0.5, 0.6) is 11.5 Å². The van der Waals surface area contributed by atoms with Gasteiger partial charge in [-0.25, -0.2) is 4.79 Å². The molecule has 6 heteroatoms. The van der Waals surface area contributed by atoms with E-state index in [9.17, 15) is 9.59 Å². The third-order valence-electron chi connectivity index (χ3n) is 5.71. The van der Waals surface area contributed by atoms with Crippen molar-refractivity contribution in [2.75, 3.05) is 14.1 Å². The van der Waals surface area contributed by atoms with Crippen LogP contribution >= 0.6 is 0 Å². The van der Waals surface area contributed by atoms with Crippen LogP contribution in [0.3, 0.4) is 0 Å². The minimum atomic E-state index is -0.653. The first-order valence-electron chi connectivity index (χ1n) is 12.2. The normalized spacial score (nSPS) is 12.1. The van der Waals surface area contributed by atoms with E-state index in [-0.39, 0.29) is 12.0 Å². The van der Waals surface area contributed by atoms with Crippen LogP contribution in [0.4, 0.5) is 4.79 Å². The number of carbonyl (C=O) groups is 2. The molecule has 186 valence electrons. The molecule has 0 spiro atoms. The summed E-state index contributed by atoms with van der Waals surface area (Å²) in [6, 6.07) is 14.7. The molecule has 0 saturated carbocycles. The van der Waals surface area contributed by atoms with Gasteiger partial charge in [0, 0.05) is 19.7 Å². The average molecular weight is 469 g/mol. The molecule has 2 aromatic carbocycles. The fourth-order valence-electron chi connectivity index (χ4n) is 3.75. The number of nitrogens with zero attached hydrogens (tertiary/aromatic N) is 1. The SMILES string of the molecule is CCCCCC(CCC)OC(=O)NC(C)(C)c1cccc(Oc2cccc(C(=O)N(C)C)c2)c1. The van der Waals surface area contributed by atoms with Crippen molar-refractivity contribution in [2.45, 2.75) is 77.9 Å². The lowest BCUT2D eigenvalue weighted by atomic mass is 9.94. The number of rotatable bonds is 12. The lowest BCUT2D eigenvalue weighted by Gasteiger charge is -2.28. The third kappa shape index (κ3) is 8.40. The number of hydrogen-bond donors (Lipinski definition) is 1. The first-order chi connectivity index (χ1) is 16.2. The highest BCUT2D eigenvalue weighted by molar-refractivity contribution is 5.94. The molecule has 1 atom stereocenters. The first kappa shape index (κ1) is 27.2. The second kappa shape index (κ2) is 13.0.